The summed E-state index contributed by atoms with van der Waals surface area (Å²) >= 11 is 1.57. The molecule has 4 aromatic rings. The number of aromatic nitrogens is 4. The highest BCUT2D eigenvalue weighted by atomic mass is 32.1. The van der Waals surface area contributed by atoms with Crippen LogP contribution in [0.4, 0.5) is 4.39 Å². The number of ether oxygens (including phenoxy) is 1. The molecular formula is C23H20FN5O3S. The molecule has 0 radical (unpaired) electrons. The van der Waals surface area contributed by atoms with Gasteiger partial charge in [0.1, 0.15) is 24.2 Å². The lowest BCUT2D eigenvalue weighted by Gasteiger charge is -2.15. The molecule has 1 atom stereocenters. The molecule has 1 amide bonds. The third-order valence-electron chi connectivity index (χ3n) is 4.78. The largest absolute Gasteiger partial charge is 0.475 e. The van der Waals surface area contributed by atoms with Gasteiger partial charge in [-0.3, -0.25) is 9.59 Å². The Hall–Kier alpha value is -3.92. The summed E-state index contributed by atoms with van der Waals surface area (Å²) in [6, 6.07) is 15.2. The monoisotopic (exact) mass is 465 g/mol. The van der Waals surface area contributed by atoms with Crippen LogP contribution in [0.3, 0.4) is 0 Å². The molecule has 0 fully saturated rings. The Morgan fingerprint density at radius 2 is 1.88 bits per heavy atom. The van der Waals surface area contributed by atoms with E-state index in [-0.39, 0.29) is 24.9 Å². The molecule has 1 N–H and O–H groups in total. The summed E-state index contributed by atoms with van der Waals surface area (Å²) in [5.41, 5.74) is 1.45. The average Bonchev–Trinajstić information content (AvgIpc) is 3.38. The van der Waals surface area contributed by atoms with Crippen LogP contribution in [0.25, 0.3) is 21.8 Å². The van der Waals surface area contributed by atoms with Crippen molar-refractivity contribution < 1.29 is 13.9 Å². The van der Waals surface area contributed by atoms with E-state index in [1.807, 2.05) is 23.6 Å². The summed E-state index contributed by atoms with van der Waals surface area (Å²) in [5.74, 6) is -0.405. The summed E-state index contributed by atoms with van der Waals surface area (Å²) in [6.07, 6.45) is 0. The van der Waals surface area contributed by atoms with Crippen molar-refractivity contribution in [2.75, 3.05) is 13.2 Å². The summed E-state index contributed by atoms with van der Waals surface area (Å²) in [6.45, 7) is 1.97. The van der Waals surface area contributed by atoms with Gasteiger partial charge in [0.15, 0.2) is 0 Å². The zero-order chi connectivity index (χ0) is 23.2. The smallest absolute Gasteiger partial charge is 0.267 e. The molecular weight excluding hydrogens is 445 g/mol. The molecule has 1 aromatic carbocycles. The van der Waals surface area contributed by atoms with Crippen molar-refractivity contribution in [2.45, 2.75) is 13.0 Å². The van der Waals surface area contributed by atoms with E-state index in [2.05, 4.69) is 20.6 Å². The third-order valence-corrected chi connectivity index (χ3v) is 5.67. The first-order chi connectivity index (χ1) is 16.0. The number of rotatable bonds is 8. The molecule has 10 heteroatoms. The van der Waals surface area contributed by atoms with Crippen LogP contribution in [-0.4, -0.2) is 39.0 Å². The van der Waals surface area contributed by atoms with Crippen LogP contribution in [0, 0.1) is 5.82 Å². The Labute approximate surface area is 192 Å². The lowest BCUT2D eigenvalue weighted by molar-refractivity contribution is -0.124. The first-order valence-electron chi connectivity index (χ1n) is 10.2. The number of amides is 1. The topological polar surface area (TPSA) is 99.0 Å². The van der Waals surface area contributed by atoms with Gasteiger partial charge in [0.05, 0.1) is 17.1 Å². The number of hydrogen-bond donors (Lipinski definition) is 1. The molecule has 3 heterocycles. The van der Waals surface area contributed by atoms with E-state index in [1.54, 1.807) is 36.5 Å². The van der Waals surface area contributed by atoms with E-state index in [4.69, 9.17) is 4.74 Å². The molecule has 0 aliphatic carbocycles. The van der Waals surface area contributed by atoms with Crippen LogP contribution in [-0.2, 0) is 4.79 Å². The first kappa shape index (κ1) is 22.3. The van der Waals surface area contributed by atoms with Gasteiger partial charge >= 0.3 is 0 Å². The van der Waals surface area contributed by atoms with Crippen molar-refractivity contribution in [3.63, 3.8) is 0 Å². The molecule has 8 nitrogen and oxygen atoms in total. The Bertz CT molecular complexity index is 1270. The van der Waals surface area contributed by atoms with Crippen molar-refractivity contribution >= 4 is 17.2 Å². The Kier molecular flexibility index (Phi) is 6.84. The highest BCUT2D eigenvalue weighted by Gasteiger charge is 2.18. The molecule has 4 rings (SSSR count). The molecule has 0 spiro atoms. The van der Waals surface area contributed by atoms with E-state index in [1.165, 1.54) is 24.3 Å². The van der Waals surface area contributed by atoms with E-state index in [0.717, 1.165) is 15.3 Å². The van der Waals surface area contributed by atoms with Crippen LogP contribution in [0.2, 0.25) is 0 Å². The number of thiophene rings is 1. The maximum absolute atomic E-state index is 13.2. The predicted octanol–water partition coefficient (Wildman–Crippen LogP) is 3.32. The average molecular weight is 466 g/mol. The lowest BCUT2D eigenvalue weighted by atomic mass is 10.1. The fourth-order valence-corrected chi connectivity index (χ4v) is 3.71. The van der Waals surface area contributed by atoms with Gasteiger partial charge in [-0.2, -0.15) is 5.10 Å². The Morgan fingerprint density at radius 3 is 2.58 bits per heavy atom. The molecule has 0 aliphatic rings. The van der Waals surface area contributed by atoms with Crippen molar-refractivity contribution in [3.8, 4) is 27.7 Å². The van der Waals surface area contributed by atoms with E-state index >= 15 is 0 Å². The van der Waals surface area contributed by atoms with E-state index in [0.29, 0.717) is 17.1 Å². The standard InChI is InChI=1S/C23H20FN5O3S/c1-15(29-22(30)11-9-18(28-29)16-4-6-17(24)7-5-16)23(31)25-12-13-32-21-10-8-19(26-27-21)20-3-2-14-33-20/h2-11,14-15H,12-13H2,1H3,(H,25,31). The molecule has 0 saturated carbocycles. The fraction of sp³-hybridized carbons (Fsp3) is 0.174. The maximum atomic E-state index is 13.2. The summed E-state index contributed by atoms with van der Waals surface area (Å²) < 4.78 is 19.8. The van der Waals surface area contributed by atoms with Crippen LogP contribution in [0.5, 0.6) is 5.88 Å². The van der Waals surface area contributed by atoms with Gasteiger partial charge in [-0.25, -0.2) is 9.07 Å². The number of halogens is 1. The van der Waals surface area contributed by atoms with Crippen LogP contribution in [0.1, 0.15) is 13.0 Å². The molecule has 0 bridgehead atoms. The number of nitrogens with one attached hydrogen (secondary N) is 1. The Balaban J connectivity index is 1.32. The molecule has 168 valence electrons. The number of carbonyl (C=O) groups is 1. The second kappa shape index (κ2) is 10.1. The second-order valence-electron chi connectivity index (χ2n) is 7.06. The zero-order valence-corrected chi connectivity index (χ0v) is 18.5. The third kappa shape index (κ3) is 5.47. The van der Waals surface area contributed by atoms with Gasteiger partial charge in [-0.05, 0) is 54.8 Å². The van der Waals surface area contributed by atoms with Crippen molar-refractivity contribution in [1.29, 1.82) is 0 Å². The van der Waals surface area contributed by atoms with Crippen molar-refractivity contribution in [2.24, 2.45) is 0 Å². The lowest BCUT2D eigenvalue weighted by Crippen LogP contribution is -2.38. The number of benzene rings is 1. The number of carbonyl (C=O) groups excluding carboxylic acids is 1. The van der Waals surface area contributed by atoms with Crippen molar-refractivity contribution in [3.05, 3.63) is 82.2 Å². The van der Waals surface area contributed by atoms with Gasteiger partial charge in [-0.1, -0.05) is 6.07 Å². The van der Waals surface area contributed by atoms with Crippen LogP contribution < -0.4 is 15.6 Å². The summed E-state index contributed by atoms with van der Waals surface area (Å²) in [4.78, 5) is 25.8. The normalized spacial score (nSPS) is 11.7. The first-order valence-corrected chi connectivity index (χ1v) is 11.0. The SMILES string of the molecule is CC(C(=O)NCCOc1ccc(-c2cccs2)nn1)n1nc(-c2ccc(F)cc2)ccc1=O. The molecule has 3 aromatic heterocycles. The highest BCUT2D eigenvalue weighted by molar-refractivity contribution is 7.13. The minimum atomic E-state index is -0.845. The highest BCUT2D eigenvalue weighted by Crippen LogP contribution is 2.22. The molecule has 33 heavy (non-hydrogen) atoms. The van der Waals surface area contributed by atoms with Gasteiger partial charge in [0.25, 0.3) is 5.56 Å². The van der Waals surface area contributed by atoms with Gasteiger partial charge in [0.2, 0.25) is 11.8 Å². The van der Waals surface area contributed by atoms with Crippen LogP contribution >= 0.6 is 11.3 Å². The minimum absolute atomic E-state index is 0.184. The van der Waals surface area contributed by atoms with Crippen molar-refractivity contribution in [1.82, 2.24) is 25.3 Å². The summed E-state index contributed by atoms with van der Waals surface area (Å²) in [5, 5.41) is 17.1. The predicted molar refractivity (Wildman–Crippen MR) is 122 cm³/mol. The van der Waals surface area contributed by atoms with Gasteiger partial charge < -0.3 is 10.1 Å². The zero-order valence-electron chi connectivity index (χ0n) is 17.6. The second-order valence-corrected chi connectivity index (χ2v) is 8.01. The molecule has 1 unspecified atom stereocenters. The Morgan fingerprint density at radius 1 is 1.09 bits per heavy atom. The van der Waals surface area contributed by atoms with Crippen LogP contribution in [0.15, 0.2) is 70.8 Å². The number of hydrogen-bond acceptors (Lipinski definition) is 7. The minimum Gasteiger partial charge on any atom is -0.475 e. The fourth-order valence-electron chi connectivity index (χ4n) is 3.02. The molecule has 0 saturated heterocycles. The van der Waals surface area contributed by atoms with Gasteiger partial charge in [0, 0.05) is 17.7 Å². The molecule has 0 aliphatic heterocycles. The summed E-state index contributed by atoms with van der Waals surface area (Å²) in [7, 11) is 0. The van der Waals surface area contributed by atoms with Gasteiger partial charge in [-0.15, -0.1) is 21.5 Å². The quantitative estimate of drug-likeness (QED) is 0.401. The van der Waals surface area contributed by atoms with E-state index < -0.39 is 11.6 Å². The number of nitrogens with zero attached hydrogens (tertiary/aromatic N) is 4. The van der Waals surface area contributed by atoms with E-state index in [9.17, 15) is 14.0 Å². The maximum Gasteiger partial charge on any atom is 0.267 e.